The van der Waals surface area contributed by atoms with Crippen LogP contribution < -0.4 is 4.90 Å². The van der Waals surface area contributed by atoms with Gasteiger partial charge in [0.15, 0.2) is 0 Å². The molecule has 0 spiro atoms. The lowest BCUT2D eigenvalue weighted by atomic mass is 10.1. The van der Waals surface area contributed by atoms with Crippen molar-refractivity contribution in [2.24, 2.45) is 0 Å². The standard InChI is InChI=1S/C17H13Cl2NO3S/c1-23-17(22)10-2-5-12(6-3-10)20-15(21)9-24-16(20)13-7-4-11(18)8-14(13)19/h2-8,16H,9H2,1H3. The van der Waals surface area contributed by atoms with Crippen molar-refractivity contribution in [3.05, 3.63) is 63.6 Å². The molecular weight excluding hydrogens is 369 g/mol. The zero-order valence-electron chi connectivity index (χ0n) is 12.7. The number of ether oxygens (including phenoxy) is 1. The molecule has 0 radical (unpaired) electrons. The number of rotatable bonds is 3. The first-order chi connectivity index (χ1) is 11.5. The minimum Gasteiger partial charge on any atom is -0.465 e. The van der Waals surface area contributed by atoms with Crippen LogP contribution in [0.1, 0.15) is 21.3 Å². The van der Waals surface area contributed by atoms with Crippen molar-refractivity contribution in [3.8, 4) is 0 Å². The minimum atomic E-state index is -0.416. The van der Waals surface area contributed by atoms with Gasteiger partial charge in [-0.1, -0.05) is 29.3 Å². The van der Waals surface area contributed by atoms with E-state index in [-0.39, 0.29) is 11.3 Å². The molecule has 7 heteroatoms. The van der Waals surface area contributed by atoms with Crippen molar-refractivity contribution >= 4 is 52.5 Å². The Morgan fingerprint density at radius 3 is 2.54 bits per heavy atom. The lowest BCUT2D eigenvalue weighted by molar-refractivity contribution is -0.115. The van der Waals surface area contributed by atoms with Crippen molar-refractivity contribution in [2.75, 3.05) is 17.8 Å². The fourth-order valence-electron chi connectivity index (χ4n) is 2.51. The number of hydrogen-bond donors (Lipinski definition) is 0. The van der Waals surface area contributed by atoms with E-state index in [4.69, 9.17) is 23.2 Å². The smallest absolute Gasteiger partial charge is 0.337 e. The van der Waals surface area contributed by atoms with E-state index >= 15 is 0 Å². The fourth-order valence-corrected chi connectivity index (χ4v) is 4.30. The van der Waals surface area contributed by atoms with Crippen LogP contribution in [-0.4, -0.2) is 24.7 Å². The highest BCUT2D eigenvalue weighted by molar-refractivity contribution is 8.00. The van der Waals surface area contributed by atoms with Crippen molar-refractivity contribution in [1.29, 1.82) is 0 Å². The third-order valence-corrected chi connectivity index (χ3v) is 5.42. The molecule has 1 aliphatic heterocycles. The summed E-state index contributed by atoms with van der Waals surface area (Å²) >= 11 is 13.7. The second kappa shape index (κ2) is 7.05. The summed E-state index contributed by atoms with van der Waals surface area (Å²) in [5, 5.41) is 0.837. The molecule has 0 bridgehead atoms. The second-order valence-corrected chi connectivity index (χ2v) is 7.04. The van der Waals surface area contributed by atoms with Crippen LogP contribution in [0.3, 0.4) is 0 Å². The van der Waals surface area contributed by atoms with E-state index in [2.05, 4.69) is 4.74 Å². The quantitative estimate of drug-likeness (QED) is 0.731. The van der Waals surface area contributed by atoms with Gasteiger partial charge in [0.25, 0.3) is 0 Å². The molecule has 3 rings (SSSR count). The Balaban J connectivity index is 1.95. The molecular formula is C17H13Cl2NO3S. The summed E-state index contributed by atoms with van der Waals surface area (Å²) in [4.78, 5) is 25.6. The molecule has 1 amide bonds. The van der Waals surface area contributed by atoms with E-state index in [0.717, 1.165) is 5.56 Å². The van der Waals surface area contributed by atoms with Crippen LogP contribution >= 0.6 is 35.0 Å². The van der Waals surface area contributed by atoms with E-state index in [0.29, 0.717) is 27.0 Å². The lowest BCUT2D eigenvalue weighted by Crippen LogP contribution is -2.28. The largest absolute Gasteiger partial charge is 0.465 e. The molecule has 4 nitrogen and oxygen atoms in total. The number of methoxy groups -OCH3 is 1. The molecule has 0 aromatic heterocycles. The van der Waals surface area contributed by atoms with Crippen LogP contribution in [0.15, 0.2) is 42.5 Å². The molecule has 24 heavy (non-hydrogen) atoms. The summed E-state index contributed by atoms with van der Waals surface area (Å²) < 4.78 is 4.69. The summed E-state index contributed by atoms with van der Waals surface area (Å²) in [6.07, 6.45) is 0. The summed E-state index contributed by atoms with van der Waals surface area (Å²) in [5.41, 5.74) is 1.96. The van der Waals surface area contributed by atoms with Gasteiger partial charge in [-0.05, 0) is 36.4 Å². The van der Waals surface area contributed by atoms with Crippen molar-refractivity contribution < 1.29 is 14.3 Å². The number of carbonyl (C=O) groups excluding carboxylic acids is 2. The third kappa shape index (κ3) is 3.24. The normalized spacial score (nSPS) is 17.2. The molecule has 1 aliphatic rings. The number of carbonyl (C=O) groups is 2. The highest BCUT2D eigenvalue weighted by Crippen LogP contribution is 2.44. The average Bonchev–Trinajstić information content (AvgIpc) is 2.95. The highest BCUT2D eigenvalue weighted by Gasteiger charge is 2.35. The van der Waals surface area contributed by atoms with Gasteiger partial charge in [0.1, 0.15) is 5.37 Å². The SMILES string of the molecule is COC(=O)c1ccc(N2C(=O)CSC2c2ccc(Cl)cc2Cl)cc1. The Bertz CT molecular complexity index is 795. The Morgan fingerprint density at radius 1 is 1.21 bits per heavy atom. The predicted molar refractivity (Wildman–Crippen MR) is 96.9 cm³/mol. The number of halogens is 2. The van der Waals surface area contributed by atoms with Gasteiger partial charge in [-0.25, -0.2) is 4.79 Å². The number of hydrogen-bond acceptors (Lipinski definition) is 4. The molecule has 2 aromatic rings. The molecule has 0 saturated carbocycles. The highest BCUT2D eigenvalue weighted by atomic mass is 35.5. The topological polar surface area (TPSA) is 46.6 Å². The third-order valence-electron chi connectivity index (χ3n) is 3.66. The lowest BCUT2D eigenvalue weighted by Gasteiger charge is -2.25. The monoisotopic (exact) mass is 381 g/mol. The molecule has 1 heterocycles. The van der Waals surface area contributed by atoms with E-state index in [1.165, 1.54) is 18.9 Å². The van der Waals surface area contributed by atoms with Crippen LogP contribution in [0.2, 0.25) is 10.0 Å². The molecule has 1 saturated heterocycles. The molecule has 0 N–H and O–H groups in total. The maximum Gasteiger partial charge on any atom is 0.337 e. The Kier molecular flexibility index (Phi) is 5.04. The summed E-state index contributed by atoms with van der Waals surface area (Å²) in [5.74, 6) is -0.0645. The number of thioether (sulfide) groups is 1. The van der Waals surface area contributed by atoms with E-state index in [1.807, 2.05) is 6.07 Å². The van der Waals surface area contributed by atoms with Gasteiger partial charge in [0.2, 0.25) is 5.91 Å². The van der Waals surface area contributed by atoms with Gasteiger partial charge < -0.3 is 4.74 Å². The Morgan fingerprint density at radius 2 is 1.92 bits per heavy atom. The van der Waals surface area contributed by atoms with Gasteiger partial charge in [-0.3, -0.25) is 9.69 Å². The van der Waals surface area contributed by atoms with Gasteiger partial charge in [-0.15, -0.1) is 11.8 Å². The molecule has 2 aromatic carbocycles. The number of nitrogens with zero attached hydrogens (tertiary/aromatic N) is 1. The molecule has 124 valence electrons. The summed E-state index contributed by atoms with van der Waals surface area (Å²) in [7, 11) is 1.33. The van der Waals surface area contributed by atoms with Gasteiger partial charge in [0.05, 0.1) is 18.4 Å². The molecule has 1 unspecified atom stereocenters. The minimum absolute atomic E-state index is 0.0122. The first kappa shape index (κ1) is 17.1. The summed E-state index contributed by atoms with van der Waals surface area (Å²) in [6, 6.07) is 12.0. The van der Waals surface area contributed by atoms with Gasteiger partial charge in [-0.2, -0.15) is 0 Å². The Labute approximate surface area is 153 Å². The zero-order valence-corrected chi connectivity index (χ0v) is 15.0. The first-order valence-corrected chi connectivity index (χ1v) is 8.88. The van der Waals surface area contributed by atoms with Crippen molar-refractivity contribution in [1.82, 2.24) is 0 Å². The van der Waals surface area contributed by atoms with Crippen LogP contribution in [0.5, 0.6) is 0 Å². The number of esters is 1. The molecule has 1 fully saturated rings. The van der Waals surface area contributed by atoms with Gasteiger partial charge in [0, 0.05) is 21.3 Å². The van der Waals surface area contributed by atoms with E-state index in [9.17, 15) is 9.59 Å². The van der Waals surface area contributed by atoms with Crippen LogP contribution in [0, 0.1) is 0 Å². The number of benzene rings is 2. The van der Waals surface area contributed by atoms with Gasteiger partial charge >= 0.3 is 5.97 Å². The van der Waals surface area contributed by atoms with E-state index < -0.39 is 5.97 Å². The van der Waals surface area contributed by atoms with E-state index in [1.54, 1.807) is 41.3 Å². The molecule has 1 atom stereocenters. The maximum atomic E-state index is 12.4. The predicted octanol–water partition coefficient (Wildman–Crippen LogP) is 4.56. The summed E-state index contributed by atoms with van der Waals surface area (Å²) in [6.45, 7) is 0. The number of amides is 1. The average molecular weight is 382 g/mol. The van der Waals surface area contributed by atoms with Crippen LogP contribution in [0.25, 0.3) is 0 Å². The first-order valence-electron chi connectivity index (χ1n) is 7.08. The Hall–Kier alpha value is -1.69. The second-order valence-electron chi connectivity index (χ2n) is 5.13. The van der Waals surface area contributed by atoms with Crippen LogP contribution in [-0.2, 0) is 9.53 Å². The number of anilines is 1. The maximum absolute atomic E-state index is 12.4. The molecule has 0 aliphatic carbocycles. The van der Waals surface area contributed by atoms with Crippen molar-refractivity contribution in [2.45, 2.75) is 5.37 Å². The zero-order chi connectivity index (χ0) is 17.3. The fraction of sp³-hybridized carbons (Fsp3) is 0.176. The van der Waals surface area contributed by atoms with Crippen LogP contribution in [0.4, 0.5) is 5.69 Å². The van der Waals surface area contributed by atoms with Crippen molar-refractivity contribution in [3.63, 3.8) is 0 Å².